The SMILES string of the molecule is C=C(C)C(=O)O[CH]CCc1ccccc1. The number of rotatable bonds is 5. The smallest absolute Gasteiger partial charge is 0.333 e. The second-order valence-electron chi connectivity index (χ2n) is 3.38. The van der Waals surface area contributed by atoms with Crippen LogP contribution in [0.25, 0.3) is 0 Å². The van der Waals surface area contributed by atoms with Crippen molar-refractivity contribution in [3.63, 3.8) is 0 Å². The minimum atomic E-state index is -0.358. The summed E-state index contributed by atoms with van der Waals surface area (Å²) in [5.41, 5.74) is 1.66. The Morgan fingerprint density at radius 2 is 2.07 bits per heavy atom. The fraction of sp³-hybridized carbons (Fsp3) is 0.231. The zero-order chi connectivity index (χ0) is 11.1. The maximum absolute atomic E-state index is 11.0. The summed E-state index contributed by atoms with van der Waals surface area (Å²) in [7, 11) is 0. The molecule has 0 N–H and O–H groups in total. The van der Waals surface area contributed by atoms with Gasteiger partial charge in [0.15, 0.2) is 0 Å². The van der Waals surface area contributed by atoms with Crippen LogP contribution in [0.4, 0.5) is 0 Å². The van der Waals surface area contributed by atoms with E-state index in [0.717, 1.165) is 12.8 Å². The van der Waals surface area contributed by atoms with E-state index in [1.54, 1.807) is 6.92 Å². The summed E-state index contributed by atoms with van der Waals surface area (Å²) >= 11 is 0. The summed E-state index contributed by atoms with van der Waals surface area (Å²) in [6.07, 6.45) is 1.60. The summed E-state index contributed by atoms with van der Waals surface area (Å²) in [4.78, 5) is 11.0. The van der Waals surface area contributed by atoms with Crippen LogP contribution in [0.5, 0.6) is 0 Å². The van der Waals surface area contributed by atoms with Crippen molar-refractivity contribution in [1.82, 2.24) is 0 Å². The van der Waals surface area contributed by atoms with Gasteiger partial charge in [-0.1, -0.05) is 36.9 Å². The highest BCUT2D eigenvalue weighted by Crippen LogP contribution is 2.05. The average molecular weight is 203 g/mol. The van der Waals surface area contributed by atoms with Gasteiger partial charge in [0.25, 0.3) is 0 Å². The van der Waals surface area contributed by atoms with E-state index < -0.39 is 0 Å². The summed E-state index contributed by atoms with van der Waals surface area (Å²) in [5.74, 6) is -0.358. The van der Waals surface area contributed by atoms with Crippen LogP contribution in [0, 0.1) is 6.61 Å². The number of esters is 1. The molecule has 15 heavy (non-hydrogen) atoms. The standard InChI is InChI=1S/C13H15O2/c1-11(2)13(14)15-10-6-9-12-7-4-3-5-8-12/h3-5,7-8,10H,1,6,9H2,2H3. The zero-order valence-corrected chi connectivity index (χ0v) is 8.90. The number of carbonyl (C=O) groups is 1. The van der Waals surface area contributed by atoms with Crippen LogP contribution in [0.1, 0.15) is 18.9 Å². The van der Waals surface area contributed by atoms with Gasteiger partial charge in [0.2, 0.25) is 0 Å². The average Bonchev–Trinajstić information content (AvgIpc) is 2.25. The second kappa shape index (κ2) is 6.02. The van der Waals surface area contributed by atoms with Crippen LogP contribution in [0.15, 0.2) is 42.5 Å². The first-order chi connectivity index (χ1) is 7.20. The molecule has 1 radical (unpaired) electrons. The number of aryl methyl sites for hydroxylation is 1. The molecule has 0 saturated carbocycles. The fourth-order valence-corrected chi connectivity index (χ4v) is 1.11. The molecular formula is C13H15O2. The van der Waals surface area contributed by atoms with Gasteiger partial charge >= 0.3 is 5.97 Å². The Labute approximate surface area is 90.6 Å². The Kier molecular flexibility index (Phi) is 4.61. The van der Waals surface area contributed by atoms with Gasteiger partial charge in [0.05, 0.1) is 0 Å². The van der Waals surface area contributed by atoms with Crippen molar-refractivity contribution in [2.75, 3.05) is 0 Å². The van der Waals surface area contributed by atoms with E-state index in [1.165, 1.54) is 12.2 Å². The third-order valence-electron chi connectivity index (χ3n) is 1.93. The number of hydrogen-bond donors (Lipinski definition) is 0. The summed E-state index contributed by atoms with van der Waals surface area (Å²) in [6, 6.07) is 10.1. The molecule has 0 aliphatic carbocycles. The van der Waals surface area contributed by atoms with Gasteiger partial charge in [0.1, 0.15) is 6.61 Å². The highest BCUT2D eigenvalue weighted by Gasteiger charge is 2.02. The first-order valence-electron chi connectivity index (χ1n) is 4.92. The Morgan fingerprint density at radius 1 is 1.40 bits per heavy atom. The Balaban J connectivity index is 2.18. The maximum Gasteiger partial charge on any atom is 0.333 e. The second-order valence-corrected chi connectivity index (χ2v) is 3.38. The molecular weight excluding hydrogens is 188 g/mol. The summed E-state index contributed by atoms with van der Waals surface area (Å²) in [6.45, 7) is 6.66. The summed E-state index contributed by atoms with van der Waals surface area (Å²) < 4.78 is 4.86. The quantitative estimate of drug-likeness (QED) is 0.418. The minimum absolute atomic E-state index is 0.358. The van der Waals surface area contributed by atoms with Crippen LogP contribution >= 0.6 is 0 Å². The zero-order valence-electron chi connectivity index (χ0n) is 8.90. The normalized spacial score (nSPS) is 9.67. The van der Waals surface area contributed by atoms with Gasteiger partial charge in [-0.15, -0.1) is 0 Å². The molecule has 0 aliphatic heterocycles. The summed E-state index contributed by atoms with van der Waals surface area (Å²) in [5, 5.41) is 0. The van der Waals surface area contributed by atoms with Gasteiger partial charge < -0.3 is 4.74 Å². The molecule has 0 heterocycles. The molecule has 0 fully saturated rings. The molecule has 0 atom stereocenters. The molecule has 0 spiro atoms. The first-order valence-corrected chi connectivity index (χ1v) is 4.92. The lowest BCUT2D eigenvalue weighted by Gasteiger charge is -2.03. The molecule has 2 nitrogen and oxygen atoms in total. The van der Waals surface area contributed by atoms with E-state index in [4.69, 9.17) is 4.74 Å². The van der Waals surface area contributed by atoms with E-state index >= 15 is 0 Å². The van der Waals surface area contributed by atoms with E-state index in [1.807, 2.05) is 18.2 Å². The van der Waals surface area contributed by atoms with Gasteiger partial charge in [0, 0.05) is 5.57 Å². The Hall–Kier alpha value is -1.57. The van der Waals surface area contributed by atoms with Gasteiger partial charge in [-0.05, 0) is 25.3 Å². The molecule has 0 bridgehead atoms. The van der Waals surface area contributed by atoms with Crippen molar-refractivity contribution < 1.29 is 9.53 Å². The van der Waals surface area contributed by atoms with Gasteiger partial charge in [-0.25, -0.2) is 4.79 Å². The van der Waals surface area contributed by atoms with Crippen molar-refractivity contribution in [2.45, 2.75) is 19.8 Å². The monoisotopic (exact) mass is 203 g/mol. The van der Waals surface area contributed by atoms with E-state index in [9.17, 15) is 4.79 Å². The lowest BCUT2D eigenvalue weighted by atomic mass is 10.1. The fourth-order valence-electron chi connectivity index (χ4n) is 1.11. The topological polar surface area (TPSA) is 26.3 Å². The molecule has 1 aromatic carbocycles. The maximum atomic E-state index is 11.0. The lowest BCUT2D eigenvalue weighted by Crippen LogP contribution is -2.03. The predicted octanol–water partition coefficient (Wildman–Crippen LogP) is 2.90. The number of carbonyl (C=O) groups excluding carboxylic acids is 1. The van der Waals surface area contributed by atoms with Crippen molar-refractivity contribution in [3.05, 3.63) is 54.7 Å². The molecule has 79 valence electrons. The Bertz CT molecular complexity index is 328. The number of hydrogen-bond acceptors (Lipinski definition) is 2. The highest BCUT2D eigenvalue weighted by atomic mass is 16.5. The van der Waals surface area contributed by atoms with Crippen molar-refractivity contribution in [3.8, 4) is 0 Å². The van der Waals surface area contributed by atoms with Crippen LogP contribution in [-0.2, 0) is 16.0 Å². The van der Waals surface area contributed by atoms with Gasteiger partial charge in [-0.2, -0.15) is 0 Å². The molecule has 0 unspecified atom stereocenters. The molecule has 0 amide bonds. The molecule has 0 aliphatic rings. The molecule has 0 aromatic heterocycles. The van der Waals surface area contributed by atoms with Crippen molar-refractivity contribution in [1.29, 1.82) is 0 Å². The molecule has 2 heteroatoms. The van der Waals surface area contributed by atoms with Crippen LogP contribution in [0.2, 0.25) is 0 Å². The number of ether oxygens (including phenoxy) is 1. The number of benzene rings is 1. The third-order valence-corrected chi connectivity index (χ3v) is 1.93. The Morgan fingerprint density at radius 3 is 2.67 bits per heavy atom. The van der Waals surface area contributed by atoms with Gasteiger partial charge in [-0.3, -0.25) is 0 Å². The lowest BCUT2D eigenvalue weighted by molar-refractivity contribution is -0.135. The van der Waals surface area contributed by atoms with Crippen molar-refractivity contribution in [2.24, 2.45) is 0 Å². The predicted molar refractivity (Wildman–Crippen MR) is 60.0 cm³/mol. The molecule has 1 rings (SSSR count). The van der Waals surface area contributed by atoms with E-state index in [2.05, 4.69) is 18.7 Å². The molecule has 1 aromatic rings. The van der Waals surface area contributed by atoms with E-state index in [-0.39, 0.29) is 5.97 Å². The van der Waals surface area contributed by atoms with Crippen LogP contribution < -0.4 is 0 Å². The van der Waals surface area contributed by atoms with E-state index in [0.29, 0.717) is 5.57 Å². The minimum Gasteiger partial charge on any atom is -0.455 e. The largest absolute Gasteiger partial charge is 0.455 e. The van der Waals surface area contributed by atoms with Crippen LogP contribution in [0.3, 0.4) is 0 Å². The van der Waals surface area contributed by atoms with Crippen LogP contribution in [-0.4, -0.2) is 5.97 Å². The molecule has 0 saturated heterocycles. The highest BCUT2D eigenvalue weighted by molar-refractivity contribution is 5.87. The third kappa shape index (κ3) is 4.45. The van der Waals surface area contributed by atoms with Crippen molar-refractivity contribution >= 4 is 5.97 Å². The first kappa shape index (κ1) is 11.5.